The largest absolute Gasteiger partial charge is 0.469 e. The van der Waals surface area contributed by atoms with Crippen molar-refractivity contribution in [3.63, 3.8) is 0 Å². The molecule has 174 valence electrons. The van der Waals surface area contributed by atoms with Gasteiger partial charge in [0.05, 0.1) is 13.0 Å². The van der Waals surface area contributed by atoms with Crippen molar-refractivity contribution in [1.82, 2.24) is 10.2 Å². The van der Waals surface area contributed by atoms with Crippen LogP contribution in [0.1, 0.15) is 40.0 Å². The summed E-state index contributed by atoms with van der Waals surface area (Å²) in [5.74, 6) is 1.89. The lowest BCUT2D eigenvalue weighted by Gasteiger charge is -2.26. The molecule has 0 bridgehead atoms. The van der Waals surface area contributed by atoms with Gasteiger partial charge in [0.15, 0.2) is 11.6 Å². The summed E-state index contributed by atoms with van der Waals surface area (Å²) in [6, 6.07) is 0. The van der Waals surface area contributed by atoms with Gasteiger partial charge in [0.1, 0.15) is 5.76 Å². The molecule has 0 amide bonds. The van der Waals surface area contributed by atoms with Crippen LogP contribution >= 0.6 is 0 Å². The SMILES string of the molecule is C=CN=C(/C(=C\C)O/C(C=C)=C(/C=C(C)C)C1CC1C(=O)OC)N1CCC2(CCNC2)C1. The zero-order valence-electron chi connectivity index (χ0n) is 19.9. The van der Waals surface area contributed by atoms with E-state index < -0.39 is 0 Å². The molecule has 3 unspecified atom stereocenters. The van der Waals surface area contributed by atoms with Crippen LogP contribution in [0.2, 0.25) is 0 Å². The van der Waals surface area contributed by atoms with Gasteiger partial charge in [0, 0.05) is 37.2 Å². The Morgan fingerprint density at radius 3 is 2.59 bits per heavy atom. The Kier molecular flexibility index (Phi) is 7.77. The minimum atomic E-state index is -0.175. The predicted octanol–water partition coefficient (Wildman–Crippen LogP) is 4.35. The van der Waals surface area contributed by atoms with Gasteiger partial charge in [-0.1, -0.05) is 24.8 Å². The quantitative estimate of drug-likeness (QED) is 0.200. The average Bonchev–Trinajstić information content (AvgIpc) is 3.26. The van der Waals surface area contributed by atoms with Crippen LogP contribution in [0.5, 0.6) is 0 Å². The molecule has 3 aliphatic rings. The lowest BCUT2D eigenvalue weighted by atomic mass is 9.86. The molecule has 1 spiro atoms. The van der Waals surface area contributed by atoms with E-state index in [1.165, 1.54) is 13.5 Å². The molecule has 32 heavy (non-hydrogen) atoms. The number of rotatable bonds is 8. The van der Waals surface area contributed by atoms with Crippen molar-refractivity contribution in [3.8, 4) is 0 Å². The summed E-state index contributed by atoms with van der Waals surface area (Å²) in [6.07, 6.45) is 10.4. The summed E-state index contributed by atoms with van der Waals surface area (Å²) in [6.45, 7) is 17.9. The molecular formula is C26H37N3O3. The fourth-order valence-corrected chi connectivity index (χ4v) is 4.84. The van der Waals surface area contributed by atoms with Crippen molar-refractivity contribution in [3.05, 3.63) is 60.3 Å². The number of hydrogen-bond acceptors (Lipinski definition) is 5. The second kappa shape index (κ2) is 10.3. The van der Waals surface area contributed by atoms with Crippen LogP contribution in [0.3, 0.4) is 0 Å². The Hall–Kier alpha value is -2.60. The first-order valence-electron chi connectivity index (χ1n) is 11.5. The number of amidine groups is 1. The number of hydrogen-bond donors (Lipinski definition) is 1. The Morgan fingerprint density at radius 2 is 2.03 bits per heavy atom. The summed E-state index contributed by atoms with van der Waals surface area (Å²) >= 11 is 0. The van der Waals surface area contributed by atoms with Crippen molar-refractivity contribution in [2.75, 3.05) is 33.3 Å². The molecule has 3 fully saturated rings. The van der Waals surface area contributed by atoms with Crippen LogP contribution in [-0.2, 0) is 14.3 Å². The number of carbonyl (C=O) groups excluding carboxylic acids is 1. The maximum Gasteiger partial charge on any atom is 0.309 e. The standard InChI is InChI=1S/C26H37N3O3/c1-7-22(20(14-18(4)5)19-15-21(19)25(30)31-6)32-23(8-2)24(28-9-3)29-13-11-26(17-29)10-12-27-16-26/h7-9,14,19,21,27H,1,3,10-13,15-17H2,2,4-6H3/b22-20-,23-8+,28-24?. The minimum absolute atomic E-state index is 0.0721. The molecule has 3 atom stereocenters. The van der Waals surface area contributed by atoms with Gasteiger partial charge in [-0.25, -0.2) is 4.99 Å². The summed E-state index contributed by atoms with van der Waals surface area (Å²) in [4.78, 5) is 19.0. The van der Waals surface area contributed by atoms with E-state index in [2.05, 4.69) is 34.4 Å². The maximum absolute atomic E-state index is 12.1. The number of nitrogens with zero attached hydrogens (tertiary/aromatic N) is 2. The summed E-state index contributed by atoms with van der Waals surface area (Å²) in [5, 5.41) is 3.50. The van der Waals surface area contributed by atoms with Gasteiger partial charge in [0.25, 0.3) is 0 Å². The molecule has 0 aromatic heterocycles. The molecule has 0 aromatic rings. The van der Waals surface area contributed by atoms with Gasteiger partial charge in [-0.15, -0.1) is 0 Å². The lowest BCUT2D eigenvalue weighted by Crippen LogP contribution is -2.34. The highest BCUT2D eigenvalue weighted by Crippen LogP contribution is 2.47. The number of nitrogens with one attached hydrogen (secondary N) is 1. The van der Waals surface area contributed by atoms with Gasteiger partial charge in [-0.2, -0.15) is 0 Å². The summed E-state index contributed by atoms with van der Waals surface area (Å²) < 4.78 is 11.4. The number of aliphatic imine (C=N–C) groups is 1. The molecule has 2 saturated heterocycles. The molecule has 6 nitrogen and oxygen atoms in total. The Bertz CT molecular complexity index is 871. The number of methoxy groups -OCH3 is 1. The fraction of sp³-hybridized carbons (Fsp3) is 0.538. The third-order valence-corrected chi connectivity index (χ3v) is 6.59. The number of carbonyl (C=O) groups is 1. The zero-order chi connectivity index (χ0) is 23.3. The highest BCUT2D eigenvalue weighted by molar-refractivity contribution is 5.97. The highest BCUT2D eigenvalue weighted by Gasteiger charge is 2.47. The highest BCUT2D eigenvalue weighted by atomic mass is 16.5. The zero-order valence-corrected chi connectivity index (χ0v) is 19.9. The van der Waals surface area contributed by atoms with Crippen LogP contribution in [0.25, 0.3) is 0 Å². The first kappa shape index (κ1) is 24.1. The first-order valence-corrected chi connectivity index (χ1v) is 11.5. The van der Waals surface area contributed by atoms with E-state index >= 15 is 0 Å². The predicted molar refractivity (Wildman–Crippen MR) is 129 cm³/mol. The van der Waals surface area contributed by atoms with Crippen molar-refractivity contribution in [2.24, 2.45) is 22.2 Å². The molecule has 0 radical (unpaired) electrons. The Morgan fingerprint density at radius 1 is 1.25 bits per heavy atom. The van der Waals surface area contributed by atoms with E-state index in [9.17, 15) is 4.79 Å². The van der Waals surface area contributed by atoms with Crippen LogP contribution < -0.4 is 5.32 Å². The molecule has 1 saturated carbocycles. The molecular weight excluding hydrogens is 402 g/mol. The molecule has 6 heteroatoms. The van der Waals surface area contributed by atoms with Crippen LogP contribution in [0.15, 0.2) is 65.2 Å². The molecule has 1 aliphatic carbocycles. The number of esters is 1. The van der Waals surface area contributed by atoms with Gasteiger partial charge in [-0.3, -0.25) is 4.79 Å². The topological polar surface area (TPSA) is 63.2 Å². The van der Waals surface area contributed by atoms with Crippen LogP contribution in [0.4, 0.5) is 0 Å². The number of ether oxygens (including phenoxy) is 2. The van der Waals surface area contributed by atoms with E-state index in [1.54, 1.807) is 12.3 Å². The average molecular weight is 440 g/mol. The van der Waals surface area contributed by atoms with Gasteiger partial charge >= 0.3 is 5.97 Å². The number of allylic oxidation sites excluding steroid dienone is 5. The monoisotopic (exact) mass is 439 g/mol. The fourth-order valence-electron chi connectivity index (χ4n) is 4.84. The molecule has 2 heterocycles. The van der Waals surface area contributed by atoms with Gasteiger partial charge < -0.3 is 19.7 Å². The smallest absolute Gasteiger partial charge is 0.309 e. The van der Waals surface area contributed by atoms with Gasteiger partial charge in [-0.05, 0) is 64.3 Å². The first-order chi connectivity index (χ1) is 15.4. The van der Waals surface area contributed by atoms with Crippen LogP contribution in [0, 0.1) is 17.3 Å². The second-order valence-corrected chi connectivity index (χ2v) is 9.21. The third-order valence-electron chi connectivity index (χ3n) is 6.59. The minimum Gasteiger partial charge on any atom is -0.469 e. The Balaban J connectivity index is 1.88. The van der Waals surface area contributed by atoms with Gasteiger partial charge in [0.2, 0.25) is 0 Å². The van der Waals surface area contributed by atoms with E-state index in [0.717, 1.165) is 56.0 Å². The third kappa shape index (κ3) is 5.23. The van der Waals surface area contributed by atoms with Crippen LogP contribution in [-0.4, -0.2) is 50.0 Å². The van der Waals surface area contributed by atoms with Crippen molar-refractivity contribution < 1.29 is 14.3 Å². The van der Waals surface area contributed by atoms with E-state index in [1.807, 2.05) is 26.8 Å². The lowest BCUT2D eigenvalue weighted by molar-refractivity contribution is -0.142. The van der Waals surface area contributed by atoms with E-state index in [0.29, 0.717) is 16.9 Å². The second-order valence-electron chi connectivity index (χ2n) is 9.21. The molecule has 2 aliphatic heterocycles. The summed E-state index contributed by atoms with van der Waals surface area (Å²) in [7, 11) is 1.44. The molecule has 1 N–H and O–H groups in total. The number of likely N-dealkylation sites (tertiary alicyclic amines) is 1. The van der Waals surface area contributed by atoms with E-state index in [4.69, 9.17) is 9.47 Å². The molecule has 3 rings (SSSR count). The maximum atomic E-state index is 12.1. The van der Waals surface area contributed by atoms with Crippen molar-refractivity contribution in [1.29, 1.82) is 0 Å². The van der Waals surface area contributed by atoms with E-state index in [-0.39, 0.29) is 17.8 Å². The Labute approximate surface area is 192 Å². The van der Waals surface area contributed by atoms with Crippen molar-refractivity contribution in [2.45, 2.75) is 40.0 Å². The summed E-state index contributed by atoms with van der Waals surface area (Å²) in [5.41, 5.74) is 2.42. The normalized spacial score (nSPS) is 28.3. The van der Waals surface area contributed by atoms with Crippen molar-refractivity contribution >= 4 is 11.8 Å². The molecule has 0 aromatic carbocycles.